The van der Waals surface area contributed by atoms with Gasteiger partial charge in [0.05, 0.1) is 6.10 Å². The third kappa shape index (κ3) is 19.7. The predicted octanol–water partition coefficient (Wildman–Crippen LogP) is 3.45. The van der Waals surface area contributed by atoms with Gasteiger partial charge in [0.15, 0.2) is 0 Å². The first-order valence-corrected chi connectivity index (χ1v) is 14.5. The average Bonchev–Trinajstić information content (AvgIpc) is 2.80. The molecule has 0 spiro atoms. The molecule has 198 valence electrons. The van der Waals surface area contributed by atoms with Gasteiger partial charge in [-0.1, -0.05) is 78.1 Å². The second-order valence-electron chi connectivity index (χ2n) is 10.0. The molecular weight excluding hydrogens is 410 g/mol. The van der Waals surface area contributed by atoms with Crippen LogP contribution in [-0.4, -0.2) is 99.5 Å². The molecule has 33 heavy (non-hydrogen) atoms. The highest BCUT2D eigenvalue weighted by Crippen LogP contribution is 2.10. The quantitative estimate of drug-likeness (QED) is 0.231. The van der Waals surface area contributed by atoms with Crippen molar-refractivity contribution in [2.24, 2.45) is 0 Å². The van der Waals surface area contributed by atoms with Gasteiger partial charge in [0.1, 0.15) is 0 Å². The summed E-state index contributed by atoms with van der Waals surface area (Å²) >= 11 is 0. The standard InChI is InChI=1S/C27H59N5O/c1-3-5-7-9-11-13-21-31(22-14-12-10-8-6-4-2)25-27(33)26-32-23-19-29-17-15-28-16-18-30-20-24-32/h27-30,33H,3-26H2,1-2H3. The van der Waals surface area contributed by atoms with Crippen LogP contribution >= 0.6 is 0 Å². The summed E-state index contributed by atoms with van der Waals surface area (Å²) in [7, 11) is 0. The predicted molar refractivity (Wildman–Crippen MR) is 144 cm³/mol. The second kappa shape index (κ2) is 23.5. The van der Waals surface area contributed by atoms with Gasteiger partial charge in [-0.15, -0.1) is 0 Å². The Bertz CT molecular complexity index is 371. The molecule has 0 aromatic heterocycles. The summed E-state index contributed by atoms with van der Waals surface area (Å²) in [6.07, 6.45) is 15.8. The number of aliphatic hydroxyl groups excluding tert-OH is 1. The highest BCUT2D eigenvalue weighted by atomic mass is 16.3. The van der Waals surface area contributed by atoms with E-state index in [1.54, 1.807) is 0 Å². The maximum atomic E-state index is 11.0. The van der Waals surface area contributed by atoms with Crippen molar-refractivity contribution in [2.45, 2.75) is 97.0 Å². The molecule has 6 nitrogen and oxygen atoms in total. The maximum Gasteiger partial charge on any atom is 0.0793 e. The average molecular weight is 470 g/mol. The Morgan fingerprint density at radius 1 is 0.636 bits per heavy atom. The van der Waals surface area contributed by atoms with Crippen LogP contribution in [0.25, 0.3) is 0 Å². The fraction of sp³-hybridized carbons (Fsp3) is 1.00. The Balaban J connectivity index is 2.40. The minimum atomic E-state index is -0.264. The van der Waals surface area contributed by atoms with Crippen molar-refractivity contribution in [3.8, 4) is 0 Å². The summed E-state index contributed by atoms with van der Waals surface area (Å²) in [5.74, 6) is 0. The zero-order valence-electron chi connectivity index (χ0n) is 22.4. The molecule has 0 amide bonds. The van der Waals surface area contributed by atoms with Crippen molar-refractivity contribution in [3.63, 3.8) is 0 Å². The van der Waals surface area contributed by atoms with Gasteiger partial charge >= 0.3 is 0 Å². The Labute approximate surface area is 206 Å². The second-order valence-corrected chi connectivity index (χ2v) is 10.0. The van der Waals surface area contributed by atoms with Gasteiger partial charge in [0.2, 0.25) is 0 Å². The lowest BCUT2D eigenvalue weighted by Crippen LogP contribution is -2.46. The van der Waals surface area contributed by atoms with Crippen LogP contribution in [0.5, 0.6) is 0 Å². The molecule has 1 aliphatic heterocycles. The Morgan fingerprint density at radius 2 is 1.06 bits per heavy atom. The van der Waals surface area contributed by atoms with Gasteiger partial charge in [0, 0.05) is 65.4 Å². The Kier molecular flexibility index (Phi) is 21.9. The summed E-state index contributed by atoms with van der Waals surface area (Å²) in [5, 5.41) is 21.5. The van der Waals surface area contributed by atoms with Gasteiger partial charge in [-0.25, -0.2) is 0 Å². The molecule has 1 heterocycles. The third-order valence-corrected chi connectivity index (χ3v) is 6.76. The van der Waals surface area contributed by atoms with Gasteiger partial charge in [0.25, 0.3) is 0 Å². The van der Waals surface area contributed by atoms with E-state index in [4.69, 9.17) is 0 Å². The van der Waals surface area contributed by atoms with E-state index in [1.165, 1.54) is 77.0 Å². The highest BCUT2D eigenvalue weighted by Gasteiger charge is 2.16. The van der Waals surface area contributed by atoms with Crippen molar-refractivity contribution >= 4 is 0 Å². The third-order valence-electron chi connectivity index (χ3n) is 6.76. The molecule has 6 heteroatoms. The van der Waals surface area contributed by atoms with Crippen LogP contribution < -0.4 is 16.0 Å². The number of β-amino-alcohol motifs (C(OH)–C–C–N with tert-alkyl or cyclic N) is 1. The minimum Gasteiger partial charge on any atom is -0.390 e. The molecule has 4 N–H and O–H groups in total. The van der Waals surface area contributed by atoms with E-state index < -0.39 is 0 Å². The van der Waals surface area contributed by atoms with Gasteiger partial charge < -0.3 is 26.0 Å². The number of nitrogens with zero attached hydrogens (tertiary/aromatic N) is 2. The van der Waals surface area contributed by atoms with E-state index in [2.05, 4.69) is 39.6 Å². The van der Waals surface area contributed by atoms with Crippen molar-refractivity contribution in [3.05, 3.63) is 0 Å². The molecular formula is C27H59N5O. The van der Waals surface area contributed by atoms with Crippen LogP contribution in [0.2, 0.25) is 0 Å². The van der Waals surface area contributed by atoms with E-state index in [1.807, 2.05) is 0 Å². The van der Waals surface area contributed by atoms with Crippen LogP contribution in [0.1, 0.15) is 90.9 Å². The van der Waals surface area contributed by atoms with Crippen molar-refractivity contribution < 1.29 is 5.11 Å². The fourth-order valence-corrected chi connectivity index (χ4v) is 4.68. The summed E-state index contributed by atoms with van der Waals surface area (Å²) in [5.41, 5.74) is 0. The van der Waals surface area contributed by atoms with E-state index in [0.717, 1.165) is 78.5 Å². The first kappa shape index (κ1) is 30.8. The van der Waals surface area contributed by atoms with Crippen molar-refractivity contribution in [1.82, 2.24) is 25.8 Å². The van der Waals surface area contributed by atoms with E-state index in [-0.39, 0.29) is 6.10 Å². The normalized spacial score (nSPS) is 18.2. The monoisotopic (exact) mass is 469 g/mol. The summed E-state index contributed by atoms with van der Waals surface area (Å²) in [6.45, 7) is 16.5. The minimum absolute atomic E-state index is 0.264. The zero-order valence-corrected chi connectivity index (χ0v) is 22.4. The molecule has 0 aliphatic carbocycles. The number of unbranched alkanes of at least 4 members (excludes halogenated alkanes) is 10. The molecule has 1 fully saturated rings. The van der Waals surface area contributed by atoms with E-state index in [9.17, 15) is 5.11 Å². The first-order chi connectivity index (χ1) is 16.3. The van der Waals surface area contributed by atoms with Crippen LogP contribution in [-0.2, 0) is 0 Å². The van der Waals surface area contributed by atoms with Crippen LogP contribution in [0, 0.1) is 0 Å². The topological polar surface area (TPSA) is 62.8 Å². The SMILES string of the molecule is CCCCCCCCN(CCCCCCCC)CC(O)CN1CCNCCNCCNCC1. The summed E-state index contributed by atoms with van der Waals surface area (Å²) in [6, 6.07) is 0. The lowest BCUT2D eigenvalue weighted by molar-refractivity contribution is 0.0725. The van der Waals surface area contributed by atoms with Gasteiger partial charge in [-0.2, -0.15) is 0 Å². The molecule has 1 saturated heterocycles. The molecule has 0 bridgehead atoms. The van der Waals surface area contributed by atoms with E-state index >= 15 is 0 Å². The zero-order chi connectivity index (χ0) is 23.8. The number of hydrogen-bond acceptors (Lipinski definition) is 6. The lowest BCUT2D eigenvalue weighted by Gasteiger charge is -2.30. The number of hydrogen-bond donors (Lipinski definition) is 4. The molecule has 1 rings (SSSR count). The van der Waals surface area contributed by atoms with Crippen LogP contribution in [0.3, 0.4) is 0 Å². The highest BCUT2D eigenvalue weighted by molar-refractivity contribution is 4.72. The van der Waals surface area contributed by atoms with Crippen LogP contribution in [0.15, 0.2) is 0 Å². The molecule has 0 saturated carbocycles. The molecule has 0 aromatic rings. The largest absolute Gasteiger partial charge is 0.390 e. The van der Waals surface area contributed by atoms with Crippen molar-refractivity contribution in [1.29, 1.82) is 0 Å². The number of rotatable bonds is 18. The van der Waals surface area contributed by atoms with Gasteiger partial charge in [-0.05, 0) is 25.9 Å². The van der Waals surface area contributed by atoms with E-state index in [0.29, 0.717) is 0 Å². The van der Waals surface area contributed by atoms with Crippen molar-refractivity contribution in [2.75, 3.05) is 78.5 Å². The Morgan fingerprint density at radius 3 is 1.55 bits per heavy atom. The number of nitrogens with one attached hydrogen (secondary N) is 3. The Hall–Kier alpha value is -0.240. The molecule has 1 unspecified atom stereocenters. The first-order valence-electron chi connectivity index (χ1n) is 14.5. The smallest absolute Gasteiger partial charge is 0.0793 e. The maximum absolute atomic E-state index is 11.0. The lowest BCUT2D eigenvalue weighted by atomic mass is 10.1. The molecule has 1 atom stereocenters. The number of aliphatic hydroxyl groups is 1. The summed E-state index contributed by atoms with van der Waals surface area (Å²) < 4.78 is 0. The fourth-order valence-electron chi connectivity index (χ4n) is 4.68. The molecule has 0 aromatic carbocycles. The molecule has 0 radical (unpaired) electrons. The van der Waals surface area contributed by atoms with Crippen LogP contribution in [0.4, 0.5) is 0 Å². The molecule has 1 aliphatic rings. The van der Waals surface area contributed by atoms with Gasteiger partial charge in [-0.3, -0.25) is 4.90 Å². The summed E-state index contributed by atoms with van der Waals surface area (Å²) in [4.78, 5) is 5.00.